The van der Waals surface area contributed by atoms with E-state index in [2.05, 4.69) is 20.0 Å². The highest BCUT2D eigenvalue weighted by atomic mass is 32.1. The summed E-state index contributed by atoms with van der Waals surface area (Å²) in [5.74, 6) is 0.721. The van der Waals surface area contributed by atoms with Crippen molar-refractivity contribution in [3.63, 3.8) is 0 Å². The number of rotatable bonds is 2. The number of carbonyl (C=O) groups excluding carboxylic acids is 1. The number of amides is 1. The van der Waals surface area contributed by atoms with Crippen LogP contribution in [0.2, 0.25) is 0 Å². The maximum absolute atomic E-state index is 12.0. The third kappa shape index (κ3) is 3.74. The Morgan fingerprint density at radius 3 is 3.00 bits per heavy atom. The Morgan fingerprint density at radius 1 is 1.41 bits per heavy atom. The molecule has 2 rings (SSSR count). The monoisotopic (exact) mass is 254 g/mol. The van der Waals surface area contributed by atoms with Gasteiger partial charge in [0.25, 0.3) is 0 Å². The average Bonchev–Trinajstić information content (AvgIpc) is 2.63. The SMILES string of the molecule is Cc1nsc(NC(=O)C2CCCCCCN2)n1. The molecule has 5 nitrogen and oxygen atoms in total. The van der Waals surface area contributed by atoms with Crippen LogP contribution in [0.1, 0.15) is 37.9 Å². The zero-order valence-corrected chi connectivity index (χ0v) is 10.8. The van der Waals surface area contributed by atoms with Crippen LogP contribution in [0.3, 0.4) is 0 Å². The van der Waals surface area contributed by atoms with Crippen molar-refractivity contribution in [1.29, 1.82) is 0 Å². The molecule has 2 heterocycles. The summed E-state index contributed by atoms with van der Waals surface area (Å²) in [5.41, 5.74) is 0. The molecule has 1 atom stereocenters. The Kier molecular flexibility index (Phi) is 4.44. The van der Waals surface area contributed by atoms with E-state index in [1.54, 1.807) is 0 Å². The van der Waals surface area contributed by atoms with E-state index in [9.17, 15) is 4.79 Å². The minimum atomic E-state index is -0.0838. The summed E-state index contributed by atoms with van der Waals surface area (Å²) in [6, 6.07) is -0.0838. The Labute approximate surface area is 105 Å². The van der Waals surface area contributed by atoms with E-state index < -0.39 is 0 Å². The van der Waals surface area contributed by atoms with E-state index in [4.69, 9.17) is 0 Å². The minimum Gasteiger partial charge on any atom is -0.306 e. The molecule has 1 aromatic heterocycles. The number of aryl methyl sites for hydroxylation is 1. The molecule has 1 saturated heterocycles. The van der Waals surface area contributed by atoms with Crippen LogP contribution in [-0.2, 0) is 4.79 Å². The van der Waals surface area contributed by atoms with Crippen molar-refractivity contribution < 1.29 is 4.79 Å². The van der Waals surface area contributed by atoms with Crippen LogP contribution in [-0.4, -0.2) is 27.9 Å². The second kappa shape index (κ2) is 6.07. The van der Waals surface area contributed by atoms with Gasteiger partial charge in [-0.15, -0.1) is 0 Å². The fourth-order valence-electron chi connectivity index (χ4n) is 1.97. The molecule has 0 radical (unpaired) electrons. The maximum Gasteiger partial charge on any atom is 0.243 e. The van der Waals surface area contributed by atoms with E-state index >= 15 is 0 Å². The molecule has 1 aliphatic heterocycles. The van der Waals surface area contributed by atoms with Gasteiger partial charge < -0.3 is 5.32 Å². The molecule has 1 aliphatic rings. The Hall–Kier alpha value is -1.01. The van der Waals surface area contributed by atoms with Gasteiger partial charge in [0.1, 0.15) is 5.82 Å². The molecule has 0 saturated carbocycles. The van der Waals surface area contributed by atoms with Crippen LogP contribution < -0.4 is 10.6 Å². The predicted octanol–water partition coefficient (Wildman–Crippen LogP) is 1.71. The number of carbonyl (C=O) groups is 1. The molecule has 0 aromatic carbocycles. The van der Waals surface area contributed by atoms with Gasteiger partial charge in [0.05, 0.1) is 6.04 Å². The molecule has 2 N–H and O–H groups in total. The number of hydrogen-bond acceptors (Lipinski definition) is 5. The lowest BCUT2D eigenvalue weighted by Crippen LogP contribution is -2.41. The lowest BCUT2D eigenvalue weighted by atomic mass is 10.0. The molecule has 1 fully saturated rings. The van der Waals surface area contributed by atoms with Crippen molar-refractivity contribution in [2.45, 2.75) is 45.1 Å². The summed E-state index contributed by atoms with van der Waals surface area (Å²) in [4.78, 5) is 16.1. The molecule has 94 valence electrons. The van der Waals surface area contributed by atoms with Gasteiger partial charge in [0.15, 0.2) is 0 Å². The fraction of sp³-hybridized carbons (Fsp3) is 0.727. The first kappa shape index (κ1) is 12.4. The molecule has 1 amide bonds. The predicted molar refractivity (Wildman–Crippen MR) is 68.2 cm³/mol. The highest BCUT2D eigenvalue weighted by Gasteiger charge is 2.19. The first-order chi connectivity index (χ1) is 8.25. The van der Waals surface area contributed by atoms with Gasteiger partial charge in [0, 0.05) is 11.5 Å². The van der Waals surface area contributed by atoms with E-state index in [1.807, 2.05) is 6.92 Å². The second-order valence-corrected chi connectivity index (χ2v) is 5.10. The first-order valence-electron chi connectivity index (χ1n) is 6.10. The van der Waals surface area contributed by atoms with Gasteiger partial charge in [-0.2, -0.15) is 4.37 Å². The lowest BCUT2D eigenvalue weighted by Gasteiger charge is -2.19. The number of hydrogen-bond donors (Lipinski definition) is 2. The molecule has 1 aromatic rings. The Balaban J connectivity index is 1.89. The van der Waals surface area contributed by atoms with Crippen LogP contribution >= 0.6 is 11.5 Å². The molecule has 17 heavy (non-hydrogen) atoms. The first-order valence-corrected chi connectivity index (χ1v) is 6.87. The van der Waals surface area contributed by atoms with Crippen LogP contribution in [0.15, 0.2) is 0 Å². The summed E-state index contributed by atoms with van der Waals surface area (Å²) in [6.07, 6.45) is 5.66. The lowest BCUT2D eigenvalue weighted by molar-refractivity contribution is -0.118. The summed E-state index contributed by atoms with van der Waals surface area (Å²) in [5, 5.41) is 6.71. The van der Waals surface area contributed by atoms with Gasteiger partial charge in [-0.1, -0.05) is 19.3 Å². The molecule has 0 bridgehead atoms. The largest absolute Gasteiger partial charge is 0.306 e. The van der Waals surface area contributed by atoms with Gasteiger partial charge in [-0.25, -0.2) is 4.98 Å². The Morgan fingerprint density at radius 2 is 2.24 bits per heavy atom. The minimum absolute atomic E-state index is 0.0167. The van der Waals surface area contributed by atoms with Gasteiger partial charge in [-0.05, 0) is 26.3 Å². The zero-order chi connectivity index (χ0) is 12.1. The molecular formula is C11H18N4OS. The highest BCUT2D eigenvalue weighted by Crippen LogP contribution is 2.13. The third-order valence-electron chi connectivity index (χ3n) is 2.88. The third-order valence-corrected chi connectivity index (χ3v) is 3.61. The molecule has 6 heteroatoms. The van der Waals surface area contributed by atoms with E-state index in [1.165, 1.54) is 24.4 Å². The van der Waals surface area contributed by atoms with Crippen LogP contribution in [0, 0.1) is 6.92 Å². The number of anilines is 1. The quantitative estimate of drug-likeness (QED) is 0.843. The average molecular weight is 254 g/mol. The van der Waals surface area contributed by atoms with Gasteiger partial charge in [0.2, 0.25) is 11.0 Å². The molecule has 1 unspecified atom stereocenters. The summed E-state index contributed by atoms with van der Waals surface area (Å²) >= 11 is 1.23. The summed E-state index contributed by atoms with van der Waals surface area (Å²) in [7, 11) is 0. The summed E-state index contributed by atoms with van der Waals surface area (Å²) in [6.45, 7) is 2.74. The van der Waals surface area contributed by atoms with Crippen molar-refractivity contribution in [2.24, 2.45) is 0 Å². The van der Waals surface area contributed by atoms with Crippen molar-refractivity contribution >= 4 is 22.6 Å². The van der Waals surface area contributed by atoms with Crippen molar-refractivity contribution in [1.82, 2.24) is 14.7 Å². The zero-order valence-electron chi connectivity index (χ0n) is 10.0. The maximum atomic E-state index is 12.0. The van der Waals surface area contributed by atoms with Crippen molar-refractivity contribution in [3.8, 4) is 0 Å². The van der Waals surface area contributed by atoms with E-state index in [0.717, 1.165) is 25.8 Å². The van der Waals surface area contributed by atoms with Crippen molar-refractivity contribution in [3.05, 3.63) is 5.82 Å². The topological polar surface area (TPSA) is 66.9 Å². The number of nitrogens with zero attached hydrogens (tertiary/aromatic N) is 2. The van der Waals surface area contributed by atoms with Crippen LogP contribution in [0.5, 0.6) is 0 Å². The second-order valence-electron chi connectivity index (χ2n) is 4.35. The number of aromatic nitrogens is 2. The van der Waals surface area contributed by atoms with E-state index in [0.29, 0.717) is 11.0 Å². The van der Waals surface area contributed by atoms with Crippen LogP contribution in [0.25, 0.3) is 0 Å². The fourth-order valence-corrected chi connectivity index (χ4v) is 2.55. The normalized spacial score (nSPS) is 21.6. The number of nitrogens with one attached hydrogen (secondary N) is 2. The highest BCUT2D eigenvalue weighted by molar-refractivity contribution is 7.09. The van der Waals surface area contributed by atoms with Crippen LogP contribution in [0.4, 0.5) is 5.13 Å². The van der Waals surface area contributed by atoms with E-state index in [-0.39, 0.29) is 11.9 Å². The molecule has 0 aliphatic carbocycles. The Bertz CT molecular complexity index is 371. The van der Waals surface area contributed by atoms with Gasteiger partial charge >= 0.3 is 0 Å². The molecular weight excluding hydrogens is 236 g/mol. The van der Waals surface area contributed by atoms with Crippen molar-refractivity contribution in [2.75, 3.05) is 11.9 Å². The summed E-state index contributed by atoms with van der Waals surface area (Å²) < 4.78 is 4.04. The molecule has 0 spiro atoms. The standard InChI is InChI=1S/C11H18N4OS/c1-8-13-11(17-15-8)14-10(16)9-6-4-2-3-5-7-12-9/h9,12H,2-7H2,1H3,(H,13,14,15,16). The van der Waals surface area contributed by atoms with Gasteiger partial charge in [-0.3, -0.25) is 10.1 Å². The smallest absolute Gasteiger partial charge is 0.243 e.